The summed E-state index contributed by atoms with van der Waals surface area (Å²) >= 11 is 3.47. The van der Waals surface area contributed by atoms with Crippen LogP contribution in [0.1, 0.15) is 5.56 Å². The molecule has 0 radical (unpaired) electrons. The van der Waals surface area contributed by atoms with E-state index in [4.69, 9.17) is 4.74 Å². The first-order valence-electron chi connectivity index (χ1n) is 4.85. The Kier molecular flexibility index (Phi) is 3.51. The maximum absolute atomic E-state index is 5.29. The first-order chi connectivity index (χ1) is 7.86. The molecule has 0 atom stereocenters. The van der Waals surface area contributed by atoms with Crippen LogP contribution in [0.5, 0.6) is 5.88 Å². The Bertz CT molecular complexity index is 451. The molecule has 0 aliphatic rings. The Morgan fingerprint density at radius 2 is 1.94 bits per heavy atom. The van der Waals surface area contributed by atoms with Crippen molar-refractivity contribution in [3.8, 4) is 17.0 Å². The Morgan fingerprint density at radius 3 is 2.56 bits per heavy atom. The number of methoxy groups -OCH3 is 1. The molecular weight excluding hydrogens is 268 g/mol. The molecule has 0 fully saturated rings. The number of hydrogen-bond acceptors (Lipinski definition) is 3. The van der Waals surface area contributed by atoms with Crippen molar-refractivity contribution in [2.45, 2.75) is 5.33 Å². The summed E-state index contributed by atoms with van der Waals surface area (Å²) in [6, 6.07) is 5.88. The van der Waals surface area contributed by atoms with Crippen molar-refractivity contribution < 1.29 is 4.74 Å². The molecule has 0 N–H and O–H groups in total. The fourth-order valence-electron chi connectivity index (χ4n) is 1.57. The minimum Gasteiger partial charge on any atom is -0.481 e. The minimum atomic E-state index is 0.642. The number of ether oxygens (including phenoxy) is 1. The van der Waals surface area contributed by atoms with Gasteiger partial charge in [0.05, 0.1) is 7.11 Å². The Hall–Kier alpha value is -1.42. The van der Waals surface area contributed by atoms with Crippen LogP contribution >= 0.6 is 15.9 Å². The van der Waals surface area contributed by atoms with Crippen molar-refractivity contribution >= 4 is 15.9 Å². The van der Waals surface area contributed by atoms with Gasteiger partial charge in [-0.15, -0.1) is 0 Å². The number of pyridine rings is 2. The van der Waals surface area contributed by atoms with E-state index < -0.39 is 0 Å². The lowest BCUT2D eigenvalue weighted by molar-refractivity contribution is 0.399. The Labute approximate surface area is 103 Å². The standard InChI is InChI=1S/C12H11BrN2O/c1-16-12-11(9-2-5-14-6-3-9)10(8-13)4-7-15-12/h2-7H,8H2,1H3. The number of halogens is 1. The molecule has 0 unspecified atom stereocenters. The molecule has 0 saturated carbocycles. The zero-order valence-corrected chi connectivity index (χ0v) is 10.4. The van der Waals surface area contributed by atoms with Gasteiger partial charge in [-0.25, -0.2) is 4.98 Å². The predicted octanol–water partition coefficient (Wildman–Crippen LogP) is 3.05. The summed E-state index contributed by atoms with van der Waals surface area (Å²) in [5.74, 6) is 0.642. The van der Waals surface area contributed by atoms with Gasteiger partial charge in [0, 0.05) is 29.5 Å². The monoisotopic (exact) mass is 278 g/mol. The van der Waals surface area contributed by atoms with Crippen LogP contribution in [0.4, 0.5) is 0 Å². The number of rotatable bonds is 3. The predicted molar refractivity (Wildman–Crippen MR) is 66.7 cm³/mol. The van der Waals surface area contributed by atoms with Gasteiger partial charge in [0.2, 0.25) is 5.88 Å². The highest BCUT2D eigenvalue weighted by Gasteiger charge is 2.11. The molecule has 0 amide bonds. The van der Waals surface area contributed by atoms with Crippen molar-refractivity contribution in [2.24, 2.45) is 0 Å². The number of hydrogen-bond donors (Lipinski definition) is 0. The van der Waals surface area contributed by atoms with Gasteiger partial charge in [-0.3, -0.25) is 4.98 Å². The molecule has 2 heterocycles. The van der Waals surface area contributed by atoms with Gasteiger partial charge in [-0.05, 0) is 29.3 Å². The number of alkyl halides is 1. The van der Waals surface area contributed by atoms with Crippen molar-refractivity contribution in [1.82, 2.24) is 9.97 Å². The third-order valence-electron chi connectivity index (χ3n) is 2.31. The van der Waals surface area contributed by atoms with E-state index in [1.165, 1.54) is 0 Å². The number of aromatic nitrogens is 2. The smallest absolute Gasteiger partial charge is 0.221 e. The lowest BCUT2D eigenvalue weighted by Crippen LogP contribution is -1.95. The maximum atomic E-state index is 5.29. The summed E-state index contributed by atoms with van der Waals surface area (Å²) in [5, 5.41) is 0.767. The lowest BCUT2D eigenvalue weighted by atomic mass is 10.0. The van der Waals surface area contributed by atoms with Crippen LogP contribution in [0.15, 0.2) is 36.8 Å². The average Bonchev–Trinajstić information content (AvgIpc) is 2.38. The van der Waals surface area contributed by atoms with Gasteiger partial charge in [-0.1, -0.05) is 15.9 Å². The zero-order chi connectivity index (χ0) is 11.4. The van der Waals surface area contributed by atoms with Crippen LogP contribution in [0, 0.1) is 0 Å². The van der Waals surface area contributed by atoms with E-state index in [9.17, 15) is 0 Å². The van der Waals surface area contributed by atoms with Crippen molar-refractivity contribution in [2.75, 3.05) is 7.11 Å². The Morgan fingerprint density at radius 1 is 1.19 bits per heavy atom. The van der Waals surface area contributed by atoms with Crippen LogP contribution in [-0.2, 0) is 5.33 Å². The lowest BCUT2D eigenvalue weighted by Gasteiger charge is -2.11. The molecule has 0 aromatic carbocycles. The second-order valence-electron chi connectivity index (χ2n) is 3.22. The van der Waals surface area contributed by atoms with E-state index in [1.54, 1.807) is 25.7 Å². The largest absolute Gasteiger partial charge is 0.481 e. The van der Waals surface area contributed by atoms with Gasteiger partial charge in [-0.2, -0.15) is 0 Å². The molecule has 0 spiro atoms. The van der Waals surface area contributed by atoms with E-state index >= 15 is 0 Å². The second kappa shape index (κ2) is 5.07. The van der Waals surface area contributed by atoms with Gasteiger partial charge in [0.1, 0.15) is 0 Å². The van der Waals surface area contributed by atoms with E-state index in [-0.39, 0.29) is 0 Å². The van der Waals surface area contributed by atoms with Crippen LogP contribution in [-0.4, -0.2) is 17.1 Å². The molecule has 0 saturated heterocycles. The second-order valence-corrected chi connectivity index (χ2v) is 3.78. The summed E-state index contributed by atoms with van der Waals surface area (Å²) in [7, 11) is 1.63. The van der Waals surface area contributed by atoms with Gasteiger partial charge in [0.15, 0.2) is 0 Å². The molecule has 2 aromatic rings. The molecule has 3 nitrogen and oxygen atoms in total. The minimum absolute atomic E-state index is 0.642. The molecule has 0 bridgehead atoms. The summed E-state index contributed by atoms with van der Waals surface area (Å²) in [4.78, 5) is 8.23. The molecule has 2 rings (SSSR count). The number of nitrogens with zero attached hydrogens (tertiary/aromatic N) is 2. The van der Waals surface area contributed by atoms with Crippen molar-refractivity contribution in [3.05, 3.63) is 42.4 Å². The summed E-state index contributed by atoms with van der Waals surface area (Å²) < 4.78 is 5.29. The molecule has 0 aliphatic carbocycles. The topological polar surface area (TPSA) is 35.0 Å². The van der Waals surface area contributed by atoms with Crippen LogP contribution < -0.4 is 4.74 Å². The maximum Gasteiger partial charge on any atom is 0.221 e. The molecule has 0 aliphatic heterocycles. The quantitative estimate of drug-likeness (QED) is 0.810. The molecule has 16 heavy (non-hydrogen) atoms. The molecule has 2 aromatic heterocycles. The van der Waals surface area contributed by atoms with E-state index in [2.05, 4.69) is 25.9 Å². The normalized spacial score (nSPS) is 10.1. The van der Waals surface area contributed by atoms with E-state index in [1.807, 2.05) is 18.2 Å². The summed E-state index contributed by atoms with van der Waals surface area (Å²) in [6.45, 7) is 0. The SMILES string of the molecule is COc1nccc(CBr)c1-c1ccncc1. The van der Waals surface area contributed by atoms with Crippen molar-refractivity contribution in [1.29, 1.82) is 0 Å². The molecule has 4 heteroatoms. The molecular formula is C12H11BrN2O. The summed E-state index contributed by atoms with van der Waals surface area (Å²) in [5.41, 5.74) is 3.23. The van der Waals surface area contributed by atoms with E-state index in [0.717, 1.165) is 22.0 Å². The first kappa shape index (κ1) is 11.1. The van der Waals surface area contributed by atoms with Crippen LogP contribution in [0.2, 0.25) is 0 Å². The third-order valence-corrected chi connectivity index (χ3v) is 2.91. The average molecular weight is 279 g/mol. The van der Waals surface area contributed by atoms with Crippen LogP contribution in [0.25, 0.3) is 11.1 Å². The van der Waals surface area contributed by atoms with E-state index in [0.29, 0.717) is 5.88 Å². The zero-order valence-electron chi connectivity index (χ0n) is 8.85. The van der Waals surface area contributed by atoms with Crippen molar-refractivity contribution in [3.63, 3.8) is 0 Å². The summed E-state index contributed by atoms with van der Waals surface area (Å²) in [6.07, 6.45) is 5.28. The fourth-order valence-corrected chi connectivity index (χ4v) is 2.04. The van der Waals surface area contributed by atoms with Crippen LogP contribution in [0.3, 0.4) is 0 Å². The molecule has 82 valence electrons. The highest BCUT2D eigenvalue weighted by molar-refractivity contribution is 9.08. The van der Waals surface area contributed by atoms with Gasteiger partial charge < -0.3 is 4.74 Å². The third kappa shape index (κ3) is 2.07. The Balaban J connectivity index is 2.62. The fraction of sp³-hybridized carbons (Fsp3) is 0.167. The highest BCUT2D eigenvalue weighted by Crippen LogP contribution is 2.32. The van der Waals surface area contributed by atoms with Gasteiger partial charge >= 0.3 is 0 Å². The first-order valence-corrected chi connectivity index (χ1v) is 5.97. The highest BCUT2D eigenvalue weighted by atomic mass is 79.9. The van der Waals surface area contributed by atoms with Gasteiger partial charge in [0.25, 0.3) is 0 Å².